The van der Waals surface area contributed by atoms with Crippen molar-refractivity contribution in [3.8, 4) is 11.3 Å². The first kappa shape index (κ1) is 16.0. The molecule has 0 aliphatic heterocycles. The largest absolute Gasteiger partial charge is 0.396 e. The van der Waals surface area contributed by atoms with Crippen LogP contribution >= 0.6 is 23.9 Å². The van der Waals surface area contributed by atoms with E-state index in [2.05, 4.69) is 15.0 Å². The van der Waals surface area contributed by atoms with Gasteiger partial charge >= 0.3 is 0 Å². The molecule has 0 bridgehead atoms. The third-order valence-electron chi connectivity index (χ3n) is 3.44. The van der Waals surface area contributed by atoms with Crippen LogP contribution in [0, 0.1) is 0 Å². The molecule has 0 amide bonds. The number of aliphatic hydroxyl groups excluding tert-OH is 1. The Labute approximate surface area is 140 Å². The average molecular weight is 354 g/mol. The van der Waals surface area contributed by atoms with Crippen LogP contribution in [0.1, 0.15) is 12.1 Å². The van der Waals surface area contributed by atoms with E-state index in [-0.39, 0.29) is 24.8 Å². The number of pyridine rings is 1. The summed E-state index contributed by atoms with van der Waals surface area (Å²) in [6.45, 7) is 0.0346. The zero-order valence-electron chi connectivity index (χ0n) is 11.9. The van der Waals surface area contributed by atoms with Crippen LogP contribution in [0.15, 0.2) is 24.5 Å². The molecule has 3 rings (SSSR count). The summed E-state index contributed by atoms with van der Waals surface area (Å²) in [5.41, 5.74) is 8.20. The number of hydrogen-bond donors (Lipinski definition) is 2. The number of anilines is 1. The second kappa shape index (κ2) is 6.69. The molecule has 0 spiro atoms. The van der Waals surface area contributed by atoms with E-state index in [4.69, 9.17) is 22.4 Å². The summed E-state index contributed by atoms with van der Waals surface area (Å²) in [6.07, 6.45) is 2.35. The van der Waals surface area contributed by atoms with E-state index in [1.807, 2.05) is 0 Å². The first-order valence-electron chi connectivity index (χ1n) is 6.83. The Morgan fingerprint density at radius 2 is 2.17 bits per heavy atom. The second-order valence-electron chi connectivity index (χ2n) is 4.84. The molecule has 0 saturated carbocycles. The predicted molar refractivity (Wildman–Crippen MR) is 89.7 cm³/mol. The maximum atomic E-state index is 13.5. The van der Waals surface area contributed by atoms with Crippen LogP contribution in [-0.4, -0.2) is 30.6 Å². The molecule has 6 nitrogen and oxygen atoms in total. The molecular formula is C14H13ClFN5OS. The summed E-state index contributed by atoms with van der Waals surface area (Å²) in [5.74, 6) is 0.280. The third-order valence-corrected chi connectivity index (χ3v) is 4.16. The molecule has 0 unspecified atom stereocenters. The van der Waals surface area contributed by atoms with Crippen LogP contribution < -0.4 is 5.73 Å². The third kappa shape index (κ3) is 2.97. The van der Waals surface area contributed by atoms with Crippen LogP contribution in [-0.2, 0) is 6.42 Å². The molecule has 0 saturated heterocycles. The number of halogens is 2. The number of hydrogen-bond acceptors (Lipinski definition) is 6. The average Bonchev–Trinajstić information content (AvgIpc) is 2.92. The number of aryl methyl sites for hydroxylation is 1. The SMILES string of the molecule is Nc1ncnc2c1cc(-c1ccc(Cl)nc1CCCO)n2SF. The van der Waals surface area contributed by atoms with Gasteiger partial charge in [0.05, 0.1) is 16.8 Å². The van der Waals surface area contributed by atoms with Crippen molar-refractivity contribution in [2.24, 2.45) is 0 Å². The van der Waals surface area contributed by atoms with Crippen LogP contribution in [0.4, 0.5) is 9.70 Å². The minimum atomic E-state index is 0.0325. The summed E-state index contributed by atoms with van der Waals surface area (Å²) in [7, 11) is 0. The van der Waals surface area contributed by atoms with Gasteiger partial charge in [-0.05, 0) is 31.0 Å². The van der Waals surface area contributed by atoms with Crippen molar-refractivity contribution >= 4 is 40.8 Å². The lowest BCUT2D eigenvalue weighted by Gasteiger charge is -2.09. The molecule has 3 aromatic rings. The minimum Gasteiger partial charge on any atom is -0.396 e. The fraction of sp³-hybridized carbons (Fsp3) is 0.214. The Kier molecular flexibility index (Phi) is 4.65. The van der Waals surface area contributed by atoms with Crippen LogP contribution in [0.25, 0.3) is 22.3 Å². The van der Waals surface area contributed by atoms with Gasteiger partial charge in [-0.2, -0.15) is 0 Å². The highest BCUT2D eigenvalue weighted by Crippen LogP contribution is 2.35. The standard InChI is InChI=1S/C14H13ClFN5OS/c15-12-4-3-8(10(20-12)2-1-5-22)11-6-9-13(17)18-7-19-14(9)21(11)23-16/h3-4,6-7,22H,1-2,5H2,(H2,17,18,19). The first-order valence-corrected chi connectivity index (χ1v) is 7.88. The van der Waals surface area contributed by atoms with Gasteiger partial charge in [-0.3, -0.25) is 0 Å². The molecule has 3 heterocycles. The van der Waals surface area contributed by atoms with Gasteiger partial charge in [0.25, 0.3) is 0 Å². The van der Waals surface area contributed by atoms with Crippen molar-refractivity contribution in [3.63, 3.8) is 0 Å². The summed E-state index contributed by atoms with van der Waals surface area (Å²) in [5, 5.41) is 9.95. The molecule has 0 radical (unpaired) electrons. The number of aliphatic hydroxyl groups is 1. The lowest BCUT2D eigenvalue weighted by atomic mass is 10.1. The van der Waals surface area contributed by atoms with E-state index in [9.17, 15) is 3.89 Å². The smallest absolute Gasteiger partial charge is 0.171 e. The fourth-order valence-corrected chi connectivity index (χ4v) is 3.01. The van der Waals surface area contributed by atoms with Gasteiger partial charge in [0.2, 0.25) is 0 Å². The summed E-state index contributed by atoms with van der Waals surface area (Å²) in [4.78, 5) is 12.3. The minimum absolute atomic E-state index is 0.0325. The molecular weight excluding hydrogens is 341 g/mol. The van der Waals surface area contributed by atoms with Gasteiger partial charge < -0.3 is 10.8 Å². The van der Waals surface area contributed by atoms with Gasteiger partial charge in [0.1, 0.15) is 17.3 Å². The Morgan fingerprint density at radius 1 is 1.35 bits per heavy atom. The highest BCUT2D eigenvalue weighted by Gasteiger charge is 2.18. The Morgan fingerprint density at radius 3 is 2.91 bits per heavy atom. The van der Waals surface area contributed by atoms with Crippen molar-refractivity contribution in [2.45, 2.75) is 12.8 Å². The van der Waals surface area contributed by atoms with Gasteiger partial charge in [-0.15, -0.1) is 3.89 Å². The number of nitrogens with zero attached hydrogens (tertiary/aromatic N) is 4. The quantitative estimate of drug-likeness (QED) is 0.685. The van der Waals surface area contributed by atoms with E-state index in [1.54, 1.807) is 18.2 Å². The molecule has 0 aliphatic rings. The molecule has 9 heteroatoms. The number of nitrogens with two attached hydrogens (primary N) is 1. The lowest BCUT2D eigenvalue weighted by Crippen LogP contribution is -1.99. The van der Waals surface area contributed by atoms with Crippen LogP contribution in [0.3, 0.4) is 0 Å². The molecule has 3 N–H and O–H groups in total. The maximum absolute atomic E-state index is 13.5. The molecule has 0 aromatic carbocycles. The fourth-order valence-electron chi connectivity index (χ4n) is 2.41. The zero-order chi connectivity index (χ0) is 16.4. The van der Waals surface area contributed by atoms with Gasteiger partial charge in [0.15, 0.2) is 18.0 Å². The molecule has 120 valence electrons. The normalized spacial score (nSPS) is 11.3. The molecule has 23 heavy (non-hydrogen) atoms. The first-order chi connectivity index (χ1) is 11.2. The molecule has 0 aliphatic carbocycles. The van der Waals surface area contributed by atoms with E-state index in [0.29, 0.717) is 46.0 Å². The summed E-state index contributed by atoms with van der Waals surface area (Å²) >= 11 is 5.99. The second-order valence-corrected chi connectivity index (χ2v) is 5.73. The topological polar surface area (TPSA) is 89.8 Å². The van der Waals surface area contributed by atoms with Crippen LogP contribution in [0.5, 0.6) is 0 Å². The van der Waals surface area contributed by atoms with Crippen molar-refractivity contribution in [2.75, 3.05) is 12.3 Å². The Hall–Kier alpha value is -1.90. The zero-order valence-corrected chi connectivity index (χ0v) is 13.5. The van der Waals surface area contributed by atoms with Crippen molar-refractivity contribution in [1.29, 1.82) is 0 Å². The summed E-state index contributed by atoms with van der Waals surface area (Å²) < 4.78 is 14.9. The molecule has 0 fully saturated rings. The van der Waals surface area contributed by atoms with Gasteiger partial charge in [0, 0.05) is 12.2 Å². The Balaban J connectivity index is 2.22. The van der Waals surface area contributed by atoms with E-state index in [1.165, 1.54) is 10.3 Å². The monoisotopic (exact) mass is 353 g/mol. The van der Waals surface area contributed by atoms with Gasteiger partial charge in [-0.25, -0.2) is 18.9 Å². The lowest BCUT2D eigenvalue weighted by molar-refractivity contribution is 0.288. The molecule has 0 atom stereocenters. The van der Waals surface area contributed by atoms with Crippen molar-refractivity contribution < 1.29 is 8.99 Å². The predicted octanol–water partition coefficient (Wildman–Crippen LogP) is 3.03. The van der Waals surface area contributed by atoms with Crippen molar-refractivity contribution in [1.82, 2.24) is 18.9 Å². The van der Waals surface area contributed by atoms with E-state index in [0.717, 1.165) is 0 Å². The van der Waals surface area contributed by atoms with Crippen molar-refractivity contribution in [3.05, 3.63) is 35.4 Å². The Bertz CT molecular complexity index is 857. The number of rotatable bonds is 5. The summed E-state index contributed by atoms with van der Waals surface area (Å²) in [6, 6.07) is 5.14. The van der Waals surface area contributed by atoms with E-state index < -0.39 is 0 Å². The van der Waals surface area contributed by atoms with Crippen LogP contribution in [0.2, 0.25) is 5.15 Å². The number of nitrogen functional groups attached to an aromatic ring is 1. The highest BCUT2D eigenvalue weighted by molar-refractivity contribution is 7.93. The maximum Gasteiger partial charge on any atom is 0.171 e. The van der Waals surface area contributed by atoms with Gasteiger partial charge in [-0.1, -0.05) is 11.6 Å². The number of fused-ring (bicyclic) bond motifs is 1. The number of aromatic nitrogens is 4. The highest BCUT2D eigenvalue weighted by atomic mass is 35.5. The van der Waals surface area contributed by atoms with E-state index >= 15 is 0 Å². The molecule has 3 aromatic heterocycles.